The number of hydrogen-bond donors (Lipinski definition) is 2. The van der Waals surface area contributed by atoms with Crippen LogP contribution in [0.25, 0.3) is 0 Å². The Bertz CT molecular complexity index is 722. The predicted octanol–water partition coefficient (Wildman–Crippen LogP) is 2.47. The molecule has 2 aliphatic rings. The molecule has 1 heterocycles. The van der Waals surface area contributed by atoms with Crippen molar-refractivity contribution in [2.75, 3.05) is 19.0 Å². The second-order valence-electron chi connectivity index (χ2n) is 5.99. The second kappa shape index (κ2) is 7.18. The van der Waals surface area contributed by atoms with Gasteiger partial charge in [-0.2, -0.15) is 10.2 Å². The van der Waals surface area contributed by atoms with E-state index in [1.165, 1.54) is 6.20 Å². The minimum absolute atomic E-state index is 0.159. The molecule has 7 nitrogen and oxygen atoms in total. The summed E-state index contributed by atoms with van der Waals surface area (Å²) in [5, 5.41) is 12.0. The zero-order valence-corrected chi connectivity index (χ0v) is 15.0. The van der Waals surface area contributed by atoms with Crippen LogP contribution in [0.5, 0.6) is 5.88 Å². The quantitative estimate of drug-likeness (QED) is 0.691. The number of ether oxygens (including phenoxy) is 1. The molecule has 8 heteroatoms. The molecule has 2 aliphatic carbocycles. The van der Waals surface area contributed by atoms with Crippen LogP contribution in [0.15, 0.2) is 27.6 Å². The first kappa shape index (κ1) is 16.7. The Balaban J connectivity index is 1.74. The molecule has 3 N–H and O–H groups in total. The number of anilines is 1. The Labute approximate surface area is 149 Å². The smallest absolute Gasteiger partial charge is 0.232 e. The van der Waals surface area contributed by atoms with Gasteiger partial charge in [-0.25, -0.2) is 4.98 Å². The summed E-state index contributed by atoms with van der Waals surface area (Å²) < 4.78 is 5.86. The molecule has 2 atom stereocenters. The largest absolute Gasteiger partial charge is 0.480 e. The molecule has 2 saturated carbocycles. The first-order valence-corrected chi connectivity index (χ1v) is 8.65. The van der Waals surface area contributed by atoms with E-state index in [-0.39, 0.29) is 5.92 Å². The summed E-state index contributed by atoms with van der Waals surface area (Å²) in [5.74, 6) is 1.81. The van der Waals surface area contributed by atoms with Crippen molar-refractivity contribution in [1.29, 1.82) is 5.26 Å². The zero-order valence-electron chi connectivity index (χ0n) is 13.4. The number of rotatable bonds is 7. The van der Waals surface area contributed by atoms with E-state index in [9.17, 15) is 0 Å². The van der Waals surface area contributed by atoms with Crippen molar-refractivity contribution in [3.05, 3.63) is 22.6 Å². The molecule has 0 aliphatic heterocycles. The third kappa shape index (κ3) is 3.85. The van der Waals surface area contributed by atoms with Crippen LogP contribution < -0.4 is 15.8 Å². The van der Waals surface area contributed by atoms with E-state index in [2.05, 4.69) is 37.3 Å². The van der Waals surface area contributed by atoms with E-state index >= 15 is 0 Å². The first-order valence-electron chi connectivity index (χ1n) is 7.86. The summed E-state index contributed by atoms with van der Waals surface area (Å²) >= 11 is 3.33. The highest BCUT2D eigenvalue weighted by atomic mass is 79.9. The number of aromatic nitrogens is 2. The Morgan fingerprint density at radius 3 is 3.00 bits per heavy atom. The predicted molar refractivity (Wildman–Crippen MR) is 94.4 cm³/mol. The highest BCUT2D eigenvalue weighted by Gasteiger charge is 2.38. The molecule has 0 aromatic carbocycles. The van der Waals surface area contributed by atoms with Gasteiger partial charge in [0.05, 0.1) is 41.2 Å². The number of nitrogens with one attached hydrogen (secondary N) is 1. The molecule has 126 valence electrons. The molecule has 3 rings (SSSR count). The van der Waals surface area contributed by atoms with Crippen molar-refractivity contribution in [2.24, 2.45) is 28.5 Å². The number of hydrogen-bond acceptors (Lipinski definition) is 7. The van der Waals surface area contributed by atoms with Crippen LogP contribution in [0.1, 0.15) is 19.3 Å². The number of nitrogens with zero attached hydrogens (tertiary/aromatic N) is 4. The average Bonchev–Trinajstić information content (AvgIpc) is 3.50. The summed E-state index contributed by atoms with van der Waals surface area (Å²) in [7, 11) is 1.55. The first-order chi connectivity index (χ1) is 11.7. The van der Waals surface area contributed by atoms with Gasteiger partial charge >= 0.3 is 0 Å². The molecule has 0 saturated heterocycles. The lowest BCUT2D eigenvalue weighted by molar-refractivity contribution is 0.394. The number of halogens is 1. The van der Waals surface area contributed by atoms with Gasteiger partial charge in [-0.05, 0) is 41.1 Å². The van der Waals surface area contributed by atoms with Crippen LogP contribution in [0.2, 0.25) is 0 Å². The van der Waals surface area contributed by atoms with Crippen molar-refractivity contribution in [3.63, 3.8) is 0 Å². The summed E-state index contributed by atoms with van der Waals surface area (Å²) in [6.45, 7) is 0.674. The molecule has 1 unspecified atom stereocenters. The van der Waals surface area contributed by atoms with Crippen molar-refractivity contribution in [2.45, 2.75) is 19.3 Å². The lowest BCUT2D eigenvalue weighted by Crippen LogP contribution is -2.18. The van der Waals surface area contributed by atoms with E-state index < -0.39 is 0 Å². The van der Waals surface area contributed by atoms with E-state index in [1.807, 2.05) is 0 Å². The molecule has 1 aromatic rings. The van der Waals surface area contributed by atoms with Crippen LogP contribution in [-0.4, -0.2) is 29.3 Å². The fourth-order valence-electron chi connectivity index (χ4n) is 2.48. The number of aliphatic imine (C=N–C) groups is 1. The summed E-state index contributed by atoms with van der Waals surface area (Å²) in [6.07, 6.45) is 6.28. The van der Waals surface area contributed by atoms with Gasteiger partial charge in [0.25, 0.3) is 0 Å². The van der Waals surface area contributed by atoms with E-state index in [1.54, 1.807) is 13.3 Å². The molecule has 24 heavy (non-hydrogen) atoms. The maximum atomic E-state index is 8.91. The highest BCUT2D eigenvalue weighted by Crippen LogP contribution is 2.39. The van der Waals surface area contributed by atoms with Gasteiger partial charge in [0.15, 0.2) is 0 Å². The van der Waals surface area contributed by atoms with E-state index in [0.29, 0.717) is 34.7 Å². The van der Waals surface area contributed by atoms with Gasteiger partial charge in [0.2, 0.25) is 11.8 Å². The lowest BCUT2D eigenvalue weighted by Gasteiger charge is -2.13. The van der Waals surface area contributed by atoms with E-state index in [0.717, 1.165) is 30.7 Å². The Morgan fingerprint density at radius 2 is 2.42 bits per heavy atom. The zero-order chi connectivity index (χ0) is 17.1. The van der Waals surface area contributed by atoms with E-state index in [4.69, 9.17) is 20.7 Å². The number of nitrogens with two attached hydrogens (primary N) is 1. The molecule has 0 radical (unpaired) electrons. The highest BCUT2D eigenvalue weighted by molar-refractivity contribution is 9.10. The summed E-state index contributed by atoms with van der Waals surface area (Å²) in [4.78, 5) is 13.2. The normalized spacial score (nSPS) is 23.5. The van der Waals surface area contributed by atoms with Gasteiger partial charge in [-0.3, -0.25) is 4.99 Å². The fourth-order valence-corrected chi connectivity index (χ4v) is 2.83. The van der Waals surface area contributed by atoms with Gasteiger partial charge in [-0.15, -0.1) is 0 Å². The average molecular weight is 391 g/mol. The maximum absolute atomic E-state index is 8.91. The van der Waals surface area contributed by atoms with Gasteiger partial charge in [0.1, 0.15) is 0 Å². The van der Waals surface area contributed by atoms with Crippen LogP contribution in [0, 0.1) is 29.1 Å². The molecule has 2 fully saturated rings. The molecular formula is C16H19BrN6O. The Morgan fingerprint density at radius 1 is 1.62 bits per heavy atom. The van der Waals surface area contributed by atoms with Crippen LogP contribution in [0.4, 0.5) is 5.95 Å². The standard InChI is InChI=1S/C16H19BrN6O/c1-24-15-12(17)8-21-16(23-15)22-13(6-19)14(9-2-3-9)20-7-11-4-10(11)5-18/h6,8-11H,2-4,7,19H2,1H3,(H,21,22,23)/b13-6+,20-14?/t10?,11-/m1/s1. The third-order valence-corrected chi connectivity index (χ3v) is 4.69. The van der Waals surface area contributed by atoms with Gasteiger partial charge in [-0.1, -0.05) is 0 Å². The molecule has 0 spiro atoms. The summed E-state index contributed by atoms with van der Waals surface area (Å²) in [6, 6.07) is 2.30. The minimum atomic E-state index is 0.159. The number of allylic oxidation sites excluding steroid dienone is 1. The Kier molecular flexibility index (Phi) is 5.00. The van der Waals surface area contributed by atoms with Crippen molar-refractivity contribution >= 4 is 27.6 Å². The number of methoxy groups -OCH3 is 1. The fraction of sp³-hybridized carbons (Fsp3) is 0.500. The SMILES string of the molecule is COc1nc(N/C(=C/N)C(=NC[C@H]2CC2C#N)C2CC2)ncc1Br. The van der Waals surface area contributed by atoms with Crippen molar-refractivity contribution in [1.82, 2.24) is 9.97 Å². The van der Waals surface area contributed by atoms with Crippen molar-refractivity contribution in [3.8, 4) is 11.9 Å². The monoisotopic (exact) mass is 390 g/mol. The van der Waals surface area contributed by atoms with Gasteiger partial charge in [0, 0.05) is 18.7 Å². The molecule has 0 bridgehead atoms. The van der Waals surface area contributed by atoms with Gasteiger partial charge < -0.3 is 15.8 Å². The van der Waals surface area contributed by atoms with Crippen LogP contribution in [0.3, 0.4) is 0 Å². The maximum Gasteiger partial charge on any atom is 0.232 e. The minimum Gasteiger partial charge on any atom is -0.480 e. The molecule has 1 aromatic heterocycles. The second-order valence-corrected chi connectivity index (χ2v) is 6.84. The topological polar surface area (TPSA) is 109 Å². The van der Waals surface area contributed by atoms with Crippen LogP contribution in [-0.2, 0) is 0 Å². The molecular weight excluding hydrogens is 372 g/mol. The van der Waals surface area contributed by atoms with Crippen LogP contribution >= 0.6 is 15.9 Å². The molecule has 0 amide bonds. The number of nitriles is 1. The van der Waals surface area contributed by atoms with Crippen molar-refractivity contribution < 1.29 is 4.74 Å². The Hall–Kier alpha value is -2.14. The summed E-state index contributed by atoms with van der Waals surface area (Å²) in [5.41, 5.74) is 7.48. The third-order valence-electron chi connectivity index (χ3n) is 4.14. The lowest BCUT2D eigenvalue weighted by atomic mass is 10.2.